The summed E-state index contributed by atoms with van der Waals surface area (Å²) in [5.41, 5.74) is 6.55. The van der Waals surface area contributed by atoms with E-state index in [2.05, 4.69) is 41.1 Å². The van der Waals surface area contributed by atoms with Crippen molar-refractivity contribution in [2.75, 3.05) is 13.1 Å². The maximum atomic E-state index is 14.0. The first-order chi connectivity index (χ1) is 18.6. The molecule has 0 aliphatic carbocycles. The van der Waals surface area contributed by atoms with Crippen LogP contribution in [0.15, 0.2) is 61.2 Å². The Hall–Kier alpha value is -4.70. The van der Waals surface area contributed by atoms with Gasteiger partial charge in [0, 0.05) is 54.1 Å². The van der Waals surface area contributed by atoms with Gasteiger partial charge in [0.05, 0.1) is 5.39 Å². The molecule has 1 saturated heterocycles. The molecule has 6 aromatic rings. The quantitative estimate of drug-likeness (QED) is 0.299. The second-order valence-corrected chi connectivity index (χ2v) is 9.60. The van der Waals surface area contributed by atoms with Crippen LogP contribution in [-0.4, -0.2) is 58.2 Å². The molecule has 9 nitrogen and oxygen atoms in total. The third-order valence-corrected chi connectivity index (χ3v) is 6.95. The molecule has 7 rings (SSSR count). The number of halogens is 1. The van der Waals surface area contributed by atoms with Gasteiger partial charge >= 0.3 is 0 Å². The molecule has 0 saturated carbocycles. The van der Waals surface area contributed by atoms with Crippen LogP contribution in [0.3, 0.4) is 0 Å². The summed E-state index contributed by atoms with van der Waals surface area (Å²) < 4.78 is 14.0. The molecule has 6 heterocycles. The molecule has 0 atom stereocenters. The Morgan fingerprint density at radius 2 is 1.79 bits per heavy atom. The van der Waals surface area contributed by atoms with Gasteiger partial charge in [-0.3, -0.25) is 15.0 Å². The molecular formula is C28H23FN8O. The van der Waals surface area contributed by atoms with Gasteiger partial charge in [-0.15, -0.1) is 0 Å². The van der Waals surface area contributed by atoms with Gasteiger partial charge in [-0.05, 0) is 67.4 Å². The highest BCUT2D eigenvalue weighted by atomic mass is 19.1. The average Bonchev–Trinajstić information content (AvgIpc) is 3.67. The highest BCUT2D eigenvalue weighted by Gasteiger charge is 2.18. The van der Waals surface area contributed by atoms with Crippen molar-refractivity contribution in [2.24, 2.45) is 0 Å². The van der Waals surface area contributed by atoms with Crippen LogP contribution in [0, 0.1) is 5.82 Å². The van der Waals surface area contributed by atoms with Crippen molar-refractivity contribution in [3.63, 3.8) is 0 Å². The summed E-state index contributed by atoms with van der Waals surface area (Å²) >= 11 is 0. The van der Waals surface area contributed by atoms with Crippen molar-refractivity contribution in [1.29, 1.82) is 0 Å². The van der Waals surface area contributed by atoms with Gasteiger partial charge in [-0.1, -0.05) is 0 Å². The second-order valence-electron chi connectivity index (χ2n) is 9.60. The van der Waals surface area contributed by atoms with E-state index in [1.807, 2.05) is 24.7 Å². The SMILES string of the molecule is Oc1cc(F)cc(-c2ccnc3[nH]c(-c4n[nH]c5ncc(-c6cncc(CN7CCCC7)c6)cc45)nc23)c1. The number of imidazole rings is 1. The summed E-state index contributed by atoms with van der Waals surface area (Å²) in [7, 11) is 0. The number of aromatic nitrogens is 7. The van der Waals surface area contributed by atoms with Crippen LogP contribution in [-0.2, 0) is 6.54 Å². The molecule has 0 unspecified atom stereocenters. The zero-order valence-corrected chi connectivity index (χ0v) is 20.3. The summed E-state index contributed by atoms with van der Waals surface area (Å²) in [6.45, 7) is 3.15. The molecule has 0 bridgehead atoms. The van der Waals surface area contributed by atoms with E-state index in [9.17, 15) is 9.50 Å². The molecule has 0 radical (unpaired) electrons. The first-order valence-electron chi connectivity index (χ1n) is 12.5. The molecule has 38 heavy (non-hydrogen) atoms. The van der Waals surface area contributed by atoms with E-state index in [4.69, 9.17) is 4.98 Å². The van der Waals surface area contributed by atoms with Crippen molar-refractivity contribution in [3.05, 3.63) is 72.6 Å². The Kier molecular flexibility index (Phi) is 5.33. The number of aromatic hydroxyl groups is 1. The third-order valence-electron chi connectivity index (χ3n) is 6.95. The molecule has 0 spiro atoms. The Morgan fingerprint density at radius 1 is 0.921 bits per heavy atom. The van der Waals surface area contributed by atoms with Gasteiger partial charge in [0.1, 0.15) is 22.8 Å². The molecule has 1 fully saturated rings. The van der Waals surface area contributed by atoms with E-state index in [0.717, 1.165) is 42.2 Å². The zero-order valence-electron chi connectivity index (χ0n) is 20.3. The monoisotopic (exact) mass is 506 g/mol. The molecule has 10 heteroatoms. The standard InChI is InChI=1S/C28H23FN8O/c29-20-8-17(9-21(38)11-20)22-3-4-31-27-24(22)33-28(34-27)25-23-10-19(14-32-26(23)36-35-25)18-7-16(12-30-13-18)15-37-5-1-2-6-37/h3-4,7-14,38H,1-2,5-6,15H2,(H,31,33,34)(H,32,35,36). The van der Waals surface area contributed by atoms with E-state index < -0.39 is 5.82 Å². The summed E-state index contributed by atoms with van der Waals surface area (Å²) in [6, 6.07) is 9.86. The fourth-order valence-corrected chi connectivity index (χ4v) is 5.16. The highest BCUT2D eigenvalue weighted by molar-refractivity contribution is 5.96. The van der Waals surface area contributed by atoms with Crippen LogP contribution in [0.4, 0.5) is 4.39 Å². The van der Waals surface area contributed by atoms with E-state index in [1.54, 1.807) is 12.3 Å². The first kappa shape index (κ1) is 22.5. The van der Waals surface area contributed by atoms with E-state index in [0.29, 0.717) is 39.5 Å². The fraction of sp³-hybridized carbons (Fsp3) is 0.179. The number of H-pyrrole nitrogens is 2. The lowest BCUT2D eigenvalue weighted by Crippen LogP contribution is -2.18. The predicted octanol–water partition coefficient (Wildman–Crippen LogP) is 5.07. The molecule has 5 aromatic heterocycles. The lowest BCUT2D eigenvalue weighted by Gasteiger charge is -2.14. The molecule has 188 valence electrons. The van der Waals surface area contributed by atoms with Crippen LogP contribution >= 0.6 is 0 Å². The second kappa shape index (κ2) is 9.00. The normalized spacial score (nSPS) is 14.1. The summed E-state index contributed by atoms with van der Waals surface area (Å²) in [5.74, 6) is -0.181. The van der Waals surface area contributed by atoms with Gasteiger partial charge in [0.15, 0.2) is 17.1 Å². The van der Waals surface area contributed by atoms with E-state index >= 15 is 0 Å². The largest absolute Gasteiger partial charge is 0.508 e. The molecule has 3 N–H and O–H groups in total. The number of nitrogens with one attached hydrogen (secondary N) is 2. The van der Waals surface area contributed by atoms with Crippen LogP contribution in [0.1, 0.15) is 18.4 Å². The van der Waals surface area contributed by atoms with Gasteiger partial charge < -0.3 is 10.1 Å². The number of rotatable bonds is 5. The van der Waals surface area contributed by atoms with E-state index in [1.165, 1.54) is 30.5 Å². The van der Waals surface area contributed by atoms with Gasteiger partial charge in [0.2, 0.25) is 0 Å². The number of nitrogens with zero attached hydrogens (tertiary/aromatic N) is 6. The topological polar surface area (TPSA) is 120 Å². The van der Waals surface area contributed by atoms with Gasteiger partial charge in [-0.25, -0.2) is 19.3 Å². The van der Waals surface area contributed by atoms with Crippen molar-refractivity contribution < 1.29 is 9.50 Å². The summed E-state index contributed by atoms with van der Waals surface area (Å²) in [6.07, 6.45) is 9.71. The lowest BCUT2D eigenvalue weighted by atomic mass is 10.1. The predicted molar refractivity (Wildman–Crippen MR) is 142 cm³/mol. The minimum atomic E-state index is -0.531. The number of fused-ring (bicyclic) bond motifs is 2. The van der Waals surface area contributed by atoms with Crippen molar-refractivity contribution in [1.82, 2.24) is 40.0 Å². The number of likely N-dealkylation sites (tertiary alicyclic amines) is 1. The number of benzene rings is 1. The number of hydrogen-bond donors (Lipinski definition) is 3. The number of phenolic OH excluding ortho intramolecular Hbond substituents is 1. The van der Waals surface area contributed by atoms with Crippen molar-refractivity contribution >= 4 is 22.2 Å². The van der Waals surface area contributed by atoms with Crippen LogP contribution in [0.5, 0.6) is 5.75 Å². The smallest absolute Gasteiger partial charge is 0.161 e. The highest BCUT2D eigenvalue weighted by Crippen LogP contribution is 2.33. The molecule has 1 aliphatic heterocycles. The van der Waals surface area contributed by atoms with E-state index in [-0.39, 0.29) is 5.75 Å². The summed E-state index contributed by atoms with van der Waals surface area (Å²) in [5, 5.41) is 18.2. The van der Waals surface area contributed by atoms with Crippen molar-refractivity contribution in [2.45, 2.75) is 19.4 Å². The molecule has 0 amide bonds. The maximum Gasteiger partial charge on any atom is 0.161 e. The minimum absolute atomic E-state index is 0.156. The number of hydrogen-bond acceptors (Lipinski definition) is 7. The molecule has 1 aliphatic rings. The number of aromatic amines is 2. The fourth-order valence-electron chi connectivity index (χ4n) is 5.16. The van der Waals surface area contributed by atoms with Crippen LogP contribution in [0.2, 0.25) is 0 Å². The Bertz CT molecular complexity index is 1780. The maximum absolute atomic E-state index is 14.0. The third kappa shape index (κ3) is 4.04. The Balaban J connectivity index is 1.28. The van der Waals surface area contributed by atoms with Gasteiger partial charge in [-0.2, -0.15) is 5.10 Å². The van der Waals surface area contributed by atoms with Crippen LogP contribution in [0.25, 0.3) is 56.0 Å². The van der Waals surface area contributed by atoms with Gasteiger partial charge in [0.25, 0.3) is 0 Å². The minimum Gasteiger partial charge on any atom is -0.508 e. The number of pyridine rings is 3. The molecule has 1 aromatic carbocycles. The zero-order chi connectivity index (χ0) is 25.6. The summed E-state index contributed by atoms with van der Waals surface area (Å²) in [4.78, 5) is 23.9. The Morgan fingerprint density at radius 3 is 2.66 bits per heavy atom. The Labute approximate surface area is 216 Å². The first-order valence-corrected chi connectivity index (χ1v) is 12.5. The van der Waals surface area contributed by atoms with Crippen LogP contribution < -0.4 is 0 Å². The average molecular weight is 507 g/mol. The van der Waals surface area contributed by atoms with Crippen molar-refractivity contribution in [3.8, 4) is 39.5 Å². The molecular weight excluding hydrogens is 483 g/mol. The number of phenols is 1. The lowest BCUT2D eigenvalue weighted by molar-refractivity contribution is 0.331.